The van der Waals surface area contributed by atoms with Crippen LogP contribution in [0, 0.1) is 0 Å². The third-order valence-corrected chi connectivity index (χ3v) is 2.46. The standard InChI is InChI=1S/C13H19NO3/c1-2-14(8-9-15)10-13(16)17-11-12-6-4-3-5-7-12/h3-7,15H,2,8-11H2,1H3. The summed E-state index contributed by atoms with van der Waals surface area (Å²) in [5, 5.41) is 8.79. The van der Waals surface area contributed by atoms with E-state index in [1.165, 1.54) is 0 Å². The monoisotopic (exact) mass is 237 g/mol. The van der Waals surface area contributed by atoms with Gasteiger partial charge >= 0.3 is 5.97 Å². The molecule has 17 heavy (non-hydrogen) atoms. The van der Waals surface area contributed by atoms with Crippen LogP contribution in [0.1, 0.15) is 12.5 Å². The lowest BCUT2D eigenvalue weighted by Crippen LogP contribution is -2.33. The van der Waals surface area contributed by atoms with Gasteiger partial charge in [-0.2, -0.15) is 0 Å². The van der Waals surface area contributed by atoms with Crippen molar-refractivity contribution < 1.29 is 14.6 Å². The van der Waals surface area contributed by atoms with Crippen molar-refractivity contribution in [3.63, 3.8) is 0 Å². The molecule has 4 heteroatoms. The van der Waals surface area contributed by atoms with Crippen LogP contribution in [0.5, 0.6) is 0 Å². The Morgan fingerprint density at radius 2 is 2.06 bits per heavy atom. The molecular formula is C13H19NO3. The summed E-state index contributed by atoms with van der Waals surface area (Å²) in [7, 11) is 0. The van der Waals surface area contributed by atoms with E-state index in [2.05, 4.69) is 0 Å². The van der Waals surface area contributed by atoms with Gasteiger partial charge in [-0.1, -0.05) is 37.3 Å². The van der Waals surface area contributed by atoms with Gasteiger partial charge in [-0.05, 0) is 12.1 Å². The third-order valence-electron chi connectivity index (χ3n) is 2.46. The molecule has 4 nitrogen and oxygen atoms in total. The average molecular weight is 237 g/mol. The molecule has 1 aromatic carbocycles. The molecule has 1 rings (SSSR count). The van der Waals surface area contributed by atoms with E-state index < -0.39 is 0 Å². The van der Waals surface area contributed by atoms with E-state index in [4.69, 9.17) is 9.84 Å². The van der Waals surface area contributed by atoms with Gasteiger partial charge in [0, 0.05) is 6.54 Å². The quantitative estimate of drug-likeness (QED) is 0.720. The van der Waals surface area contributed by atoms with E-state index in [-0.39, 0.29) is 19.1 Å². The first kappa shape index (κ1) is 13.7. The van der Waals surface area contributed by atoms with Crippen molar-refractivity contribution in [1.29, 1.82) is 0 Å². The molecule has 0 bridgehead atoms. The summed E-state index contributed by atoms with van der Waals surface area (Å²) in [6.45, 7) is 3.75. The zero-order chi connectivity index (χ0) is 12.5. The normalized spacial score (nSPS) is 10.5. The Labute approximate surface area is 102 Å². The molecule has 0 fully saturated rings. The van der Waals surface area contributed by atoms with Crippen molar-refractivity contribution in [1.82, 2.24) is 4.90 Å². The Bertz CT molecular complexity index is 327. The number of hydrogen-bond acceptors (Lipinski definition) is 4. The molecule has 94 valence electrons. The van der Waals surface area contributed by atoms with Crippen LogP contribution in [-0.4, -0.2) is 42.2 Å². The van der Waals surface area contributed by atoms with Crippen LogP contribution in [-0.2, 0) is 16.1 Å². The molecule has 0 heterocycles. The molecule has 1 aromatic rings. The maximum absolute atomic E-state index is 11.5. The van der Waals surface area contributed by atoms with Gasteiger partial charge in [0.25, 0.3) is 0 Å². The molecule has 0 amide bonds. The predicted octanol–water partition coefficient (Wildman–Crippen LogP) is 1.04. The Hall–Kier alpha value is -1.39. The van der Waals surface area contributed by atoms with Gasteiger partial charge < -0.3 is 9.84 Å². The molecular weight excluding hydrogens is 218 g/mol. The van der Waals surface area contributed by atoms with Crippen LogP contribution in [0.15, 0.2) is 30.3 Å². The summed E-state index contributed by atoms with van der Waals surface area (Å²) in [6, 6.07) is 9.57. The molecule has 0 aliphatic heterocycles. The summed E-state index contributed by atoms with van der Waals surface area (Å²) >= 11 is 0. The van der Waals surface area contributed by atoms with E-state index >= 15 is 0 Å². The Balaban J connectivity index is 2.30. The number of esters is 1. The minimum atomic E-state index is -0.260. The minimum Gasteiger partial charge on any atom is -0.460 e. The second-order valence-corrected chi connectivity index (χ2v) is 3.74. The van der Waals surface area contributed by atoms with Gasteiger partial charge in [0.05, 0.1) is 13.2 Å². The number of rotatable bonds is 7. The highest BCUT2D eigenvalue weighted by molar-refractivity contribution is 5.71. The number of carbonyl (C=O) groups excluding carboxylic acids is 1. The van der Waals surface area contributed by atoms with E-state index in [0.717, 1.165) is 12.1 Å². The van der Waals surface area contributed by atoms with Crippen LogP contribution < -0.4 is 0 Å². The molecule has 0 aromatic heterocycles. The molecule has 0 aliphatic rings. The highest BCUT2D eigenvalue weighted by Crippen LogP contribution is 2.01. The minimum absolute atomic E-state index is 0.0554. The second kappa shape index (κ2) is 7.81. The Kier molecular flexibility index (Phi) is 6.29. The molecule has 0 spiro atoms. The van der Waals surface area contributed by atoms with Crippen molar-refractivity contribution in [2.45, 2.75) is 13.5 Å². The summed E-state index contributed by atoms with van der Waals surface area (Å²) in [4.78, 5) is 13.4. The fourth-order valence-electron chi connectivity index (χ4n) is 1.46. The van der Waals surface area contributed by atoms with Crippen molar-refractivity contribution >= 4 is 5.97 Å². The maximum atomic E-state index is 11.5. The second-order valence-electron chi connectivity index (χ2n) is 3.74. The number of aliphatic hydroxyl groups excluding tert-OH is 1. The number of aliphatic hydroxyl groups is 1. The van der Waals surface area contributed by atoms with Crippen molar-refractivity contribution in [2.24, 2.45) is 0 Å². The zero-order valence-corrected chi connectivity index (χ0v) is 10.1. The number of hydrogen-bond donors (Lipinski definition) is 1. The van der Waals surface area contributed by atoms with Crippen LogP contribution in [0.25, 0.3) is 0 Å². The van der Waals surface area contributed by atoms with E-state index in [9.17, 15) is 4.79 Å². The molecule has 1 N–H and O–H groups in total. The van der Waals surface area contributed by atoms with Crippen LogP contribution in [0.2, 0.25) is 0 Å². The first-order valence-electron chi connectivity index (χ1n) is 5.79. The topological polar surface area (TPSA) is 49.8 Å². The van der Waals surface area contributed by atoms with Crippen molar-refractivity contribution in [2.75, 3.05) is 26.2 Å². The lowest BCUT2D eigenvalue weighted by atomic mass is 10.2. The Morgan fingerprint density at radius 3 is 2.65 bits per heavy atom. The number of ether oxygens (including phenoxy) is 1. The third kappa shape index (κ3) is 5.47. The number of likely N-dealkylation sites (N-methyl/N-ethyl adjacent to an activating group) is 1. The summed E-state index contributed by atoms with van der Waals surface area (Å²) in [5.74, 6) is -0.260. The number of nitrogens with zero attached hydrogens (tertiary/aromatic N) is 1. The van der Waals surface area contributed by atoms with Gasteiger partial charge in [0.2, 0.25) is 0 Å². The molecule has 0 unspecified atom stereocenters. The van der Waals surface area contributed by atoms with Crippen LogP contribution in [0.4, 0.5) is 0 Å². The van der Waals surface area contributed by atoms with E-state index in [1.807, 2.05) is 42.2 Å². The number of benzene rings is 1. The SMILES string of the molecule is CCN(CCO)CC(=O)OCc1ccccc1. The van der Waals surface area contributed by atoms with Crippen molar-refractivity contribution in [3.8, 4) is 0 Å². The lowest BCUT2D eigenvalue weighted by Gasteiger charge is -2.17. The first-order valence-corrected chi connectivity index (χ1v) is 5.79. The van der Waals surface area contributed by atoms with Crippen LogP contribution in [0.3, 0.4) is 0 Å². The van der Waals surface area contributed by atoms with Gasteiger partial charge in [-0.15, -0.1) is 0 Å². The summed E-state index contributed by atoms with van der Waals surface area (Å²) < 4.78 is 5.14. The van der Waals surface area contributed by atoms with E-state index in [1.54, 1.807) is 0 Å². The smallest absolute Gasteiger partial charge is 0.320 e. The largest absolute Gasteiger partial charge is 0.460 e. The van der Waals surface area contributed by atoms with Gasteiger partial charge in [-0.3, -0.25) is 9.69 Å². The molecule has 0 radical (unpaired) electrons. The van der Waals surface area contributed by atoms with E-state index in [0.29, 0.717) is 13.2 Å². The highest BCUT2D eigenvalue weighted by atomic mass is 16.5. The Morgan fingerprint density at radius 1 is 1.35 bits per heavy atom. The summed E-state index contributed by atoms with van der Waals surface area (Å²) in [5.41, 5.74) is 0.978. The van der Waals surface area contributed by atoms with Gasteiger partial charge in [-0.25, -0.2) is 0 Å². The average Bonchev–Trinajstić information content (AvgIpc) is 2.37. The van der Waals surface area contributed by atoms with Crippen LogP contribution >= 0.6 is 0 Å². The number of carbonyl (C=O) groups is 1. The summed E-state index contributed by atoms with van der Waals surface area (Å²) in [6.07, 6.45) is 0. The maximum Gasteiger partial charge on any atom is 0.320 e. The fourth-order valence-corrected chi connectivity index (χ4v) is 1.46. The predicted molar refractivity (Wildman–Crippen MR) is 65.4 cm³/mol. The van der Waals surface area contributed by atoms with Gasteiger partial charge in [0.1, 0.15) is 6.61 Å². The first-order chi connectivity index (χ1) is 8.26. The molecule has 0 atom stereocenters. The molecule has 0 saturated heterocycles. The lowest BCUT2D eigenvalue weighted by molar-refractivity contribution is -0.146. The van der Waals surface area contributed by atoms with Crippen molar-refractivity contribution in [3.05, 3.63) is 35.9 Å². The molecule has 0 aliphatic carbocycles. The highest BCUT2D eigenvalue weighted by Gasteiger charge is 2.09. The fraction of sp³-hybridized carbons (Fsp3) is 0.462. The molecule has 0 saturated carbocycles. The zero-order valence-electron chi connectivity index (χ0n) is 10.1. The van der Waals surface area contributed by atoms with Gasteiger partial charge in [0.15, 0.2) is 0 Å².